The van der Waals surface area contributed by atoms with Gasteiger partial charge in [-0.2, -0.15) is 0 Å². The van der Waals surface area contributed by atoms with Crippen molar-refractivity contribution in [3.63, 3.8) is 0 Å². The minimum atomic E-state index is -0.190. The number of rotatable bonds is 6. The summed E-state index contributed by atoms with van der Waals surface area (Å²) >= 11 is 0. The third kappa shape index (κ3) is 4.03. The Bertz CT molecular complexity index is 843. The molecule has 0 fully saturated rings. The lowest BCUT2D eigenvalue weighted by molar-refractivity contribution is -0.118. The van der Waals surface area contributed by atoms with Crippen molar-refractivity contribution in [1.82, 2.24) is 10.2 Å². The number of amides is 1. The minimum Gasteiger partial charge on any atom is -0.484 e. The summed E-state index contributed by atoms with van der Waals surface area (Å²) in [6.07, 6.45) is 2.13. The maximum atomic E-state index is 12.2. The standard InChI is InChI=1S/C19H19N3O3/c1-3-14-6-4-5-13(2)18(14)21-17(23)11-24-16-9-7-15(8-10-16)19-22-20-12-25-19/h4-10,12H,3,11H2,1-2H3,(H,21,23). The number of carbonyl (C=O) groups excluding carboxylic acids is 1. The number of aromatic nitrogens is 2. The van der Waals surface area contributed by atoms with Gasteiger partial charge in [-0.05, 0) is 48.7 Å². The van der Waals surface area contributed by atoms with E-state index in [0.717, 1.165) is 28.8 Å². The van der Waals surface area contributed by atoms with Crippen molar-refractivity contribution in [2.24, 2.45) is 0 Å². The number of ether oxygens (including phenoxy) is 1. The topological polar surface area (TPSA) is 77.2 Å². The number of para-hydroxylation sites is 1. The van der Waals surface area contributed by atoms with Crippen LogP contribution in [0.4, 0.5) is 5.69 Å². The van der Waals surface area contributed by atoms with Gasteiger partial charge in [0.25, 0.3) is 5.91 Å². The van der Waals surface area contributed by atoms with E-state index >= 15 is 0 Å². The summed E-state index contributed by atoms with van der Waals surface area (Å²) < 4.78 is 10.7. The summed E-state index contributed by atoms with van der Waals surface area (Å²) in [5.74, 6) is 0.847. The average Bonchev–Trinajstić information content (AvgIpc) is 3.17. The Balaban J connectivity index is 1.59. The molecule has 0 atom stereocenters. The van der Waals surface area contributed by atoms with Crippen LogP contribution in [0.3, 0.4) is 0 Å². The molecule has 6 nitrogen and oxygen atoms in total. The molecular weight excluding hydrogens is 318 g/mol. The van der Waals surface area contributed by atoms with E-state index in [1.165, 1.54) is 6.39 Å². The summed E-state index contributed by atoms with van der Waals surface area (Å²) in [6, 6.07) is 13.1. The van der Waals surface area contributed by atoms with E-state index in [-0.39, 0.29) is 12.5 Å². The Hall–Kier alpha value is -3.15. The molecule has 0 bridgehead atoms. The first-order valence-electron chi connectivity index (χ1n) is 8.05. The highest BCUT2D eigenvalue weighted by molar-refractivity contribution is 5.93. The monoisotopic (exact) mass is 337 g/mol. The zero-order valence-corrected chi connectivity index (χ0v) is 14.2. The Kier molecular flexibility index (Phi) is 5.09. The molecule has 0 saturated heterocycles. The van der Waals surface area contributed by atoms with Gasteiger partial charge in [0.2, 0.25) is 12.3 Å². The molecule has 1 N–H and O–H groups in total. The number of nitrogens with zero attached hydrogens (tertiary/aromatic N) is 2. The van der Waals surface area contributed by atoms with Crippen LogP contribution in [0.15, 0.2) is 53.3 Å². The molecule has 0 aliphatic heterocycles. The largest absolute Gasteiger partial charge is 0.484 e. The number of hydrogen-bond donors (Lipinski definition) is 1. The third-order valence-electron chi connectivity index (χ3n) is 3.84. The fourth-order valence-corrected chi connectivity index (χ4v) is 2.52. The van der Waals surface area contributed by atoms with Gasteiger partial charge in [0.1, 0.15) is 5.75 Å². The van der Waals surface area contributed by atoms with Crippen molar-refractivity contribution in [2.75, 3.05) is 11.9 Å². The van der Waals surface area contributed by atoms with E-state index in [9.17, 15) is 4.79 Å². The van der Waals surface area contributed by atoms with E-state index in [1.807, 2.05) is 25.1 Å². The summed E-state index contributed by atoms with van der Waals surface area (Å²) in [4.78, 5) is 12.2. The molecule has 0 saturated carbocycles. The van der Waals surface area contributed by atoms with E-state index in [1.54, 1.807) is 24.3 Å². The Morgan fingerprint density at radius 2 is 2.00 bits per heavy atom. The van der Waals surface area contributed by atoms with Crippen LogP contribution >= 0.6 is 0 Å². The van der Waals surface area contributed by atoms with Crippen LogP contribution in [-0.4, -0.2) is 22.7 Å². The molecule has 0 radical (unpaired) electrons. The number of anilines is 1. The molecule has 128 valence electrons. The van der Waals surface area contributed by atoms with Gasteiger partial charge in [0, 0.05) is 11.3 Å². The van der Waals surface area contributed by atoms with E-state index in [4.69, 9.17) is 9.15 Å². The maximum Gasteiger partial charge on any atom is 0.262 e. The van der Waals surface area contributed by atoms with Crippen molar-refractivity contribution in [3.8, 4) is 17.2 Å². The Morgan fingerprint density at radius 1 is 1.20 bits per heavy atom. The van der Waals surface area contributed by atoms with Crippen LogP contribution in [0.25, 0.3) is 11.5 Å². The van der Waals surface area contributed by atoms with E-state index < -0.39 is 0 Å². The number of carbonyl (C=O) groups is 1. The molecule has 6 heteroatoms. The van der Waals surface area contributed by atoms with Gasteiger partial charge in [0.15, 0.2) is 6.61 Å². The van der Waals surface area contributed by atoms with Gasteiger partial charge in [-0.25, -0.2) is 0 Å². The number of aryl methyl sites for hydroxylation is 2. The lowest BCUT2D eigenvalue weighted by atomic mass is 10.1. The van der Waals surface area contributed by atoms with E-state index in [2.05, 4.69) is 22.4 Å². The van der Waals surface area contributed by atoms with Crippen LogP contribution in [-0.2, 0) is 11.2 Å². The predicted octanol–water partition coefficient (Wildman–Crippen LogP) is 3.62. The first-order valence-corrected chi connectivity index (χ1v) is 8.05. The molecule has 1 amide bonds. The lowest BCUT2D eigenvalue weighted by Crippen LogP contribution is -2.21. The molecule has 3 rings (SSSR count). The summed E-state index contributed by atoms with van der Waals surface area (Å²) in [5.41, 5.74) is 3.81. The lowest BCUT2D eigenvalue weighted by Gasteiger charge is -2.13. The summed E-state index contributed by atoms with van der Waals surface area (Å²) in [6.45, 7) is 3.98. The Morgan fingerprint density at radius 3 is 2.68 bits per heavy atom. The molecule has 1 aromatic heterocycles. The third-order valence-corrected chi connectivity index (χ3v) is 3.84. The molecule has 1 heterocycles. The first kappa shape index (κ1) is 16.7. The van der Waals surface area contributed by atoms with Crippen molar-refractivity contribution in [1.29, 1.82) is 0 Å². The fraction of sp³-hybridized carbons (Fsp3) is 0.211. The number of hydrogen-bond acceptors (Lipinski definition) is 5. The van der Waals surface area contributed by atoms with Crippen molar-refractivity contribution < 1.29 is 13.9 Å². The quantitative estimate of drug-likeness (QED) is 0.743. The normalized spacial score (nSPS) is 10.5. The molecule has 0 unspecified atom stereocenters. The van der Waals surface area contributed by atoms with Gasteiger partial charge in [-0.3, -0.25) is 4.79 Å². The van der Waals surface area contributed by atoms with Gasteiger partial charge < -0.3 is 14.5 Å². The summed E-state index contributed by atoms with van der Waals surface area (Å²) in [7, 11) is 0. The van der Waals surface area contributed by atoms with Crippen LogP contribution in [0.5, 0.6) is 5.75 Å². The second-order valence-electron chi connectivity index (χ2n) is 5.57. The molecule has 3 aromatic rings. The number of benzene rings is 2. The van der Waals surface area contributed by atoms with Gasteiger partial charge in [0.05, 0.1) is 0 Å². The molecule has 2 aromatic carbocycles. The SMILES string of the molecule is CCc1cccc(C)c1NC(=O)COc1ccc(-c2nnco2)cc1. The van der Waals surface area contributed by atoms with Crippen molar-refractivity contribution >= 4 is 11.6 Å². The van der Waals surface area contributed by atoms with Gasteiger partial charge >= 0.3 is 0 Å². The molecule has 25 heavy (non-hydrogen) atoms. The second kappa shape index (κ2) is 7.61. The predicted molar refractivity (Wildman–Crippen MR) is 94.4 cm³/mol. The zero-order chi connectivity index (χ0) is 17.6. The fourth-order valence-electron chi connectivity index (χ4n) is 2.52. The molecular formula is C19H19N3O3. The second-order valence-corrected chi connectivity index (χ2v) is 5.57. The van der Waals surface area contributed by atoms with Crippen LogP contribution in [0, 0.1) is 6.92 Å². The minimum absolute atomic E-state index is 0.0581. The first-order chi connectivity index (χ1) is 12.2. The summed E-state index contributed by atoms with van der Waals surface area (Å²) in [5, 5.41) is 10.4. The van der Waals surface area contributed by atoms with E-state index in [0.29, 0.717) is 11.6 Å². The Labute approximate surface area is 145 Å². The average molecular weight is 337 g/mol. The smallest absolute Gasteiger partial charge is 0.262 e. The molecule has 0 spiro atoms. The zero-order valence-electron chi connectivity index (χ0n) is 14.2. The van der Waals surface area contributed by atoms with Crippen molar-refractivity contribution in [2.45, 2.75) is 20.3 Å². The maximum absolute atomic E-state index is 12.2. The number of nitrogens with one attached hydrogen (secondary N) is 1. The van der Waals surface area contributed by atoms with Gasteiger partial charge in [-0.15, -0.1) is 10.2 Å². The van der Waals surface area contributed by atoms with Gasteiger partial charge in [-0.1, -0.05) is 25.1 Å². The highest BCUT2D eigenvalue weighted by atomic mass is 16.5. The van der Waals surface area contributed by atoms with Crippen LogP contribution in [0.2, 0.25) is 0 Å². The highest BCUT2D eigenvalue weighted by Gasteiger charge is 2.10. The van der Waals surface area contributed by atoms with Crippen LogP contribution in [0.1, 0.15) is 18.1 Å². The van der Waals surface area contributed by atoms with Crippen molar-refractivity contribution in [3.05, 3.63) is 60.0 Å². The molecule has 0 aliphatic rings. The highest BCUT2D eigenvalue weighted by Crippen LogP contribution is 2.22. The molecule has 0 aliphatic carbocycles. The van der Waals surface area contributed by atoms with Crippen LogP contribution < -0.4 is 10.1 Å².